The smallest absolute Gasteiger partial charge is 0.326 e. The Bertz CT molecular complexity index is 334. The van der Waals surface area contributed by atoms with Crippen LogP contribution in [0.25, 0.3) is 0 Å². The van der Waals surface area contributed by atoms with E-state index in [1.54, 1.807) is 6.92 Å². The molecule has 1 unspecified atom stereocenters. The van der Waals surface area contributed by atoms with E-state index in [1.165, 1.54) is 0 Å². The lowest BCUT2D eigenvalue weighted by Gasteiger charge is -2.14. The Labute approximate surface area is 92.4 Å². The van der Waals surface area contributed by atoms with Crippen molar-refractivity contribution in [2.24, 2.45) is 5.73 Å². The van der Waals surface area contributed by atoms with Gasteiger partial charge in [-0.3, -0.25) is 4.79 Å². The van der Waals surface area contributed by atoms with Crippen molar-refractivity contribution in [1.29, 1.82) is 0 Å². The third-order valence-corrected chi connectivity index (χ3v) is 1.61. The molecule has 3 amide bonds. The number of carbonyl (C=O) groups excluding carboxylic acids is 2. The molecular weight excluding hydrogens is 214 g/mol. The molecule has 0 aliphatic rings. The highest BCUT2D eigenvalue weighted by Crippen LogP contribution is 1.91. The molecule has 0 saturated heterocycles. The van der Waals surface area contributed by atoms with Gasteiger partial charge in [-0.2, -0.15) is 0 Å². The number of urea groups is 1. The van der Waals surface area contributed by atoms with E-state index in [-0.39, 0.29) is 0 Å². The first-order valence-electron chi connectivity index (χ1n) is 4.41. The molecule has 0 rings (SSSR count). The second kappa shape index (κ2) is 6.29. The van der Waals surface area contributed by atoms with Gasteiger partial charge < -0.3 is 21.5 Å². The van der Waals surface area contributed by atoms with E-state index in [9.17, 15) is 14.4 Å². The molecule has 0 aromatic heterocycles. The lowest BCUT2D eigenvalue weighted by atomic mass is 10.2. The Kier molecular flexibility index (Phi) is 5.41. The Morgan fingerprint density at radius 3 is 2.38 bits per heavy atom. The number of primary amides is 1. The van der Waals surface area contributed by atoms with Crippen LogP contribution in [0.4, 0.5) is 4.79 Å². The van der Waals surface area contributed by atoms with Crippen LogP contribution in [0.5, 0.6) is 0 Å². The minimum absolute atomic E-state index is 0.479. The highest BCUT2D eigenvalue weighted by Gasteiger charge is 2.22. The average molecular weight is 227 g/mol. The number of aliphatic carboxylic acids is 1. The quantitative estimate of drug-likeness (QED) is 0.433. The van der Waals surface area contributed by atoms with Crippen LogP contribution < -0.4 is 16.4 Å². The zero-order chi connectivity index (χ0) is 12.7. The Morgan fingerprint density at radius 2 is 2.00 bits per heavy atom. The fourth-order valence-corrected chi connectivity index (χ4v) is 0.839. The van der Waals surface area contributed by atoms with Crippen LogP contribution in [0.15, 0.2) is 0 Å². The van der Waals surface area contributed by atoms with E-state index in [0.717, 1.165) is 0 Å². The molecule has 0 fully saturated rings. The van der Waals surface area contributed by atoms with Gasteiger partial charge >= 0.3 is 12.0 Å². The number of carbonyl (C=O) groups is 3. The van der Waals surface area contributed by atoms with Crippen molar-refractivity contribution in [2.45, 2.75) is 25.4 Å². The van der Waals surface area contributed by atoms with E-state index in [1.807, 2.05) is 0 Å². The van der Waals surface area contributed by atoms with Crippen molar-refractivity contribution in [3.8, 4) is 12.3 Å². The summed E-state index contributed by atoms with van der Waals surface area (Å²) in [6.45, 7) is 1.55. The fraction of sp³-hybridized carbons (Fsp3) is 0.444. The van der Waals surface area contributed by atoms with Crippen molar-refractivity contribution in [3.05, 3.63) is 0 Å². The Balaban J connectivity index is 4.30. The molecule has 0 aliphatic heterocycles. The van der Waals surface area contributed by atoms with E-state index in [2.05, 4.69) is 16.6 Å². The number of hydrogen-bond acceptors (Lipinski definition) is 3. The van der Waals surface area contributed by atoms with Crippen LogP contribution in [-0.4, -0.2) is 35.1 Å². The van der Waals surface area contributed by atoms with Crippen LogP contribution >= 0.6 is 0 Å². The number of carboxylic acids is 1. The van der Waals surface area contributed by atoms with Gasteiger partial charge in [-0.1, -0.05) is 5.92 Å². The zero-order valence-corrected chi connectivity index (χ0v) is 8.69. The highest BCUT2D eigenvalue weighted by molar-refractivity contribution is 5.87. The van der Waals surface area contributed by atoms with E-state index in [0.29, 0.717) is 0 Å². The molecule has 5 N–H and O–H groups in total. The maximum absolute atomic E-state index is 11.2. The molecular formula is C9H13N3O4. The molecule has 0 saturated carbocycles. The van der Waals surface area contributed by atoms with Gasteiger partial charge in [0.2, 0.25) is 5.91 Å². The van der Waals surface area contributed by atoms with Crippen LogP contribution in [-0.2, 0) is 9.59 Å². The van der Waals surface area contributed by atoms with Gasteiger partial charge in [-0.25, -0.2) is 9.59 Å². The molecule has 0 aliphatic carbocycles. The molecule has 0 aromatic rings. The van der Waals surface area contributed by atoms with Gasteiger partial charge in [0.1, 0.15) is 6.04 Å². The second-order valence-corrected chi connectivity index (χ2v) is 3.07. The minimum atomic E-state index is -1.36. The molecule has 0 aromatic carbocycles. The second-order valence-electron chi connectivity index (χ2n) is 3.07. The Morgan fingerprint density at radius 1 is 1.44 bits per heavy atom. The lowest BCUT2D eigenvalue weighted by Crippen LogP contribution is -2.49. The number of rotatable bonds is 5. The van der Waals surface area contributed by atoms with Crippen LogP contribution in [0, 0.1) is 12.3 Å². The predicted octanol–water partition coefficient (Wildman–Crippen LogP) is -1.36. The highest BCUT2D eigenvalue weighted by atomic mass is 16.4. The van der Waals surface area contributed by atoms with Gasteiger partial charge in [0, 0.05) is 0 Å². The molecule has 2 atom stereocenters. The maximum atomic E-state index is 11.2. The van der Waals surface area contributed by atoms with Crippen molar-refractivity contribution < 1.29 is 19.5 Å². The maximum Gasteiger partial charge on any atom is 0.326 e. The molecule has 7 heteroatoms. The summed E-state index contributed by atoms with van der Waals surface area (Å²) in [5.41, 5.74) is 4.83. The average Bonchev–Trinajstić information content (AvgIpc) is 2.15. The first-order chi connectivity index (χ1) is 7.36. The molecule has 0 spiro atoms. The van der Waals surface area contributed by atoms with E-state index >= 15 is 0 Å². The number of nitrogens with two attached hydrogens (primary N) is 1. The predicted molar refractivity (Wildman–Crippen MR) is 55.2 cm³/mol. The number of hydrogen-bond donors (Lipinski definition) is 4. The molecule has 88 valence electrons. The molecule has 0 radical (unpaired) electrons. The summed E-state index contributed by atoms with van der Waals surface area (Å²) in [5, 5.41) is 13.0. The molecule has 7 nitrogen and oxygen atoms in total. The van der Waals surface area contributed by atoms with Gasteiger partial charge in [-0.05, 0) is 6.92 Å². The summed E-state index contributed by atoms with van der Waals surface area (Å²) in [6, 6.07) is -2.66. The summed E-state index contributed by atoms with van der Waals surface area (Å²) >= 11 is 0. The van der Waals surface area contributed by atoms with Gasteiger partial charge in [-0.15, -0.1) is 6.42 Å². The number of terminal acetylenes is 1. The van der Waals surface area contributed by atoms with Crippen molar-refractivity contribution in [2.75, 3.05) is 0 Å². The summed E-state index contributed by atoms with van der Waals surface area (Å²) in [6.07, 6.45) is 4.53. The SMILES string of the molecule is C#CC(C)NC(=O)N[C@H](CC(N)=O)C(=O)O. The van der Waals surface area contributed by atoms with Gasteiger partial charge in [0.05, 0.1) is 12.5 Å². The van der Waals surface area contributed by atoms with Crippen LogP contribution in [0.3, 0.4) is 0 Å². The number of carboxylic acid groups (broad SMARTS) is 1. The van der Waals surface area contributed by atoms with Crippen molar-refractivity contribution in [3.63, 3.8) is 0 Å². The molecule has 0 bridgehead atoms. The molecule has 16 heavy (non-hydrogen) atoms. The fourth-order valence-electron chi connectivity index (χ4n) is 0.839. The summed E-state index contributed by atoms with van der Waals surface area (Å²) in [4.78, 5) is 32.3. The standard InChI is InChI=1S/C9H13N3O4/c1-3-5(2)11-9(16)12-6(8(14)15)4-7(10)13/h1,5-6H,4H2,2H3,(H2,10,13)(H,14,15)(H2,11,12,16)/t5?,6-/m1/s1. The van der Waals surface area contributed by atoms with Crippen LogP contribution in [0.2, 0.25) is 0 Å². The lowest BCUT2D eigenvalue weighted by molar-refractivity contribution is -0.140. The topological polar surface area (TPSA) is 122 Å². The monoisotopic (exact) mass is 227 g/mol. The first kappa shape index (κ1) is 13.8. The Hall–Kier alpha value is -2.23. The minimum Gasteiger partial charge on any atom is -0.480 e. The van der Waals surface area contributed by atoms with Gasteiger partial charge in [0.15, 0.2) is 0 Å². The number of nitrogens with one attached hydrogen (secondary N) is 2. The normalized spacial score (nSPS) is 13.0. The summed E-state index contributed by atoms with van der Waals surface area (Å²) in [5.74, 6) is 0.0614. The summed E-state index contributed by atoms with van der Waals surface area (Å²) in [7, 11) is 0. The number of amides is 3. The van der Waals surface area contributed by atoms with Crippen LogP contribution in [0.1, 0.15) is 13.3 Å². The third kappa shape index (κ3) is 5.49. The zero-order valence-electron chi connectivity index (χ0n) is 8.69. The van der Waals surface area contributed by atoms with E-state index < -0.39 is 36.4 Å². The van der Waals surface area contributed by atoms with Gasteiger partial charge in [0.25, 0.3) is 0 Å². The van der Waals surface area contributed by atoms with E-state index in [4.69, 9.17) is 17.3 Å². The molecule has 0 heterocycles. The van der Waals surface area contributed by atoms with Crippen molar-refractivity contribution in [1.82, 2.24) is 10.6 Å². The first-order valence-corrected chi connectivity index (χ1v) is 4.41. The largest absolute Gasteiger partial charge is 0.480 e. The third-order valence-electron chi connectivity index (χ3n) is 1.61. The summed E-state index contributed by atoms with van der Waals surface area (Å²) < 4.78 is 0. The van der Waals surface area contributed by atoms with Crippen molar-refractivity contribution >= 4 is 17.9 Å².